The van der Waals surface area contributed by atoms with Gasteiger partial charge in [0.25, 0.3) is 0 Å². The van der Waals surface area contributed by atoms with Gasteiger partial charge in [0.15, 0.2) is 0 Å². The van der Waals surface area contributed by atoms with Crippen LogP contribution < -0.4 is 0 Å². The van der Waals surface area contributed by atoms with E-state index in [1.807, 2.05) is 0 Å². The number of fused-ring (bicyclic) bond motifs is 1. The van der Waals surface area contributed by atoms with Gasteiger partial charge in [0.2, 0.25) is 0 Å². The Hall–Kier alpha value is -2.86. The predicted octanol–water partition coefficient (Wildman–Crippen LogP) is 6.90. The second-order valence-electron chi connectivity index (χ2n) is 6.58. The van der Waals surface area contributed by atoms with Crippen molar-refractivity contribution in [1.29, 1.82) is 0 Å². The molecular formula is C26H18Se. The molecule has 0 aliphatic carbocycles. The first-order valence-corrected chi connectivity index (χ1v) is 10.8. The van der Waals surface area contributed by atoms with Crippen LogP contribution in [0, 0.1) is 0 Å². The Morgan fingerprint density at radius 1 is 0.444 bits per heavy atom. The summed E-state index contributed by atoms with van der Waals surface area (Å²) < 4.78 is 2.95. The Morgan fingerprint density at radius 3 is 1.74 bits per heavy atom. The van der Waals surface area contributed by atoms with Crippen molar-refractivity contribution in [2.24, 2.45) is 0 Å². The van der Waals surface area contributed by atoms with E-state index >= 15 is 0 Å². The van der Waals surface area contributed by atoms with Crippen molar-refractivity contribution in [3.63, 3.8) is 0 Å². The molecule has 5 aromatic rings. The third kappa shape index (κ3) is 2.96. The molecule has 0 nitrogen and oxygen atoms in total. The van der Waals surface area contributed by atoms with Crippen molar-refractivity contribution in [2.45, 2.75) is 0 Å². The summed E-state index contributed by atoms with van der Waals surface area (Å²) in [7, 11) is 0. The molecule has 5 rings (SSSR count). The Morgan fingerprint density at radius 2 is 1.00 bits per heavy atom. The van der Waals surface area contributed by atoms with E-state index in [4.69, 9.17) is 0 Å². The molecule has 0 saturated heterocycles. The molecule has 27 heavy (non-hydrogen) atoms. The van der Waals surface area contributed by atoms with Crippen LogP contribution in [0.3, 0.4) is 0 Å². The molecule has 4 aromatic carbocycles. The average molecular weight is 409 g/mol. The van der Waals surface area contributed by atoms with Gasteiger partial charge in [-0.15, -0.1) is 0 Å². The minimum absolute atomic E-state index is 0.317. The van der Waals surface area contributed by atoms with E-state index in [2.05, 4.69) is 109 Å². The van der Waals surface area contributed by atoms with Crippen LogP contribution in [0.5, 0.6) is 0 Å². The average Bonchev–Trinajstić information content (AvgIpc) is 3.14. The van der Waals surface area contributed by atoms with Crippen molar-refractivity contribution in [2.75, 3.05) is 0 Å². The van der Waals surface area contributed by atoms with Crippen molar-refractivity contribution >= 4 is 24.1 Å². The summed E-state index contributed by atoms with van der Waals surface area (Å²) in [5.41, 5.74) is 6.64. The summed E-state index contributed by atoms with van der Waals surface area (Å²) in [5.74, 6) is 0. The molecule has 0 saturated carbocycles. The maximum absolute atomic E-state index is 2.29. The van der Waals surface area contributed by atoms with Crippen LogP contribution in [-0.2, 0) is 0 Å². The van der Waals surface area contributed by atoms with E-state index < -0.39 is 0 Å². The van der Waals surface area contributed by atoms with Gasteiger partial charge >= 0.3 is 166 Å². The van der Waals surface area contributed by atoms with Gasteiger partial charge in [0.05, 0.1) is 0 Å². The van der Waals surface area contributed by atoms with Gasteiger partial charge < -0.3 is 0 Å². The second kappa shape index (κ2) is 7.04. The number of benzene rings is 4. The molecular weight excluding hydrogens is 391 g/mol. The number of hydrogen-bond donors (Lipinski definition) is 0. The van der Waals surface area contributed by atoms with Crippen molar-refractivity contribution in [3.8, 4) is 32.3 Å². The van der Waals surface area contributed by atoms with E-state index in [0.717, 1.165) is 0 Å². The zero-order chi connectivity index (χ0) is 18.1. The van der Waals surface area contributed by atoms with Crippen LogP contribution in [0.15, 0.2) is 109 Å². The van der Waals surface area contributed by atoms with Crippen LogP contribution in [0.2, 0.25) is 0 Å². The third-order valence-corrected chi connectivity index (χ3v) is 7.47. The zero-order valence-electron chi connectivity index (χ0n) is 14.8. The van der Waals surface area contributed by atoms with Gasteiger partial charge in [-0.25, -0.2) is 0 Å². The summed E-state index contributed by atoms with van der Waals surface area (Å²) in [6.07, 6.45) is 0. The first-order valence-electron chi connectivity index (χ1n) is 9.13. The van der Waals surface area contributed by atoms with E-state index in [1.54, 1.807) is 0 Å². The van der Waals surface area contributed by atoms with E-state index in [-0.39, 0.29) is 0 Å². The summed E-state index contributed by atoms with van der Waals surface area (Å²) >= 11 is 0.317. The zero-order valence-corrected chi connectivity index (χ0v) is 16.5. The van der Waals surface area contributed by atoms with Crippen LogP contribution in [-0.4, -0.2) is 14.5 Å². The monoisotopic (exact) mass is 410 g/mol. The molecule has 0 bridgehead atoms. The van der Waals surface area contributed by atoms with Gasteiger partial charge in [-0.1, -0.05) is 0 Å². The molecule has 0 aliphatic rings. The normalized spacial score (nSPS) is 11.0. The molecule has 128 valence electrons. The molecule has 0 amide bonds. The van der Waals surface area contributed by atoms with E-state index in [0.29, 0.717) is 14.5 Å². The second-order valence-corrected chi connectivity index (χ2v) is 8.79. The first kappa shape index (κ1) is 16.3. The SMILES string of the molecule is c1ccc(-c2ccccc2-c2c(-c3ccccc3)[se]c3ccccc23)cc1. The van der Waals surface area contributed by atoms with E-state index in [1.165, 1.54) is 41.9 Å². The Balaban J connectivity index is 1.85. The van der Waals surface area contributed by atoms with Crippen molar-refractivity contribution in [1.82, 2.24) is 0 Å². The third-order valence-electron chi connectivity index (χ3n) is 4.91. The maximum atomic E-state index is 2.29. The fourth-order valence-electron chi connectivity index (χ4n) is 3.68. The van der Waals surface area contributed by atoms with Crippen molar-refractivity contribution in [3.05, 3.63) is 109 Å². The number of hydrogen-bond acceptors (Lipinski definition) is 0. The Bertz CT molecular complexity index is 1200. The molecule has 0 radical (unpaired) electrons. The fraction of sp³-hybridized carbons (Fsp3) is 0. The molecule has 0 N–H and O–H groups in total. The standard InChI is InChI=1S/C26H18Se/c1-3-11-19(12-4-1)21-15-7-8-16-22(21)25-23-17-9-10-18-24(23)27-26(25)20-13-5-2-6-14-20/h1-18H. The quantitative estimate of drug-likeness (QED) is 0.285. The molecule has 0 atom stereocenters. The fourth-order valence-corrected chi connectivity index (χ4v) is 6.24. The molecule has 1 heterocycles. The topological polar surface area (TPSA) is 0 Å². The summed E-state index contributed by atoms with van der Waals surface area (Å²) in [5, 5.41) is 1.39. The predicted molar refractivity (Wildman–Crippen MR) is 117 cm³/mol. The van der Waals surface area contributed by atoms with Gasteiger partial charge in [-0.2, -0.15) is 0 Å². The van der Waals surface area contributed by atoms with Gasteiger partial charge in [0.1, 0.15) is 0 Å². The minimum atomic E-state index is 0.317. The number of rotatable bonds is 3. The molecule has 0 unspecified atom stereocenters. The first-order chi connectivity index (χ1) is 13.4. The van der Waals surface area contributed by atoms with Crippen LogP contribution in [0.1, 0.15) is 0 Å². The summed E-state index contributed by atoms with van der Waals surface area (Å²) in [6.45, 7) is 0. The molecule has 1 heteroatoms. The molecule has 0 spiro atoms. The molecule has 0 fully saturated rings. The summed E-state index contributed by atoms with van der Waals surface area (Å²) in [6, 6.07) is 39.3. The van der Waals surface area contributed by atoms with Gasteiger partial charge in [-0.05, 0) is 0 Å². The van der Waals surface area contributed by atoms with Gasteiger partial charge in [0, 0.05) is 0 Å². The van der Waals surface area contributed by atoms with Crippen molar-refractivity contribution < 1.29 is 0 Å². The van der Waals surface area contributed by atoms with Gasteiger partial charge in [-0.3, -0.25) is 0 Å². The van der Waals surface area contributed by atoms with Crippen LogP contribution in [0.4, 0.5) is 0 Å². The molecule has 1 aromatic heterocycles. The van der Waals surface area contributed by atoms with E-state index in [9.17, 15) is 0 Å². The Kier molecular flexibility index (Phi) is 4.26. The van der Waals surface area contributed by atoms with Crippen LogP contribution in [0.25, 0.3) is 41.9 Å². The summed E-state index contributed by atoms with van der Waals surface area (Å²) in [4.78, 5) is 0. The Labute approximate surface area is 165 Å². The van der Waals surface area contributed by atoms with Crippen LogP contribution >= 0.6 is 0 Å². The molecule has 0 aliphatic heterocycles.